The van der Waals surface area contributed by atoms with E-state index >= 15 is 0 Å². The van der Waals surface area contributed by atoms with Crippen molar-refractivity contribution < 1.29 is 29.2 Å². The molecular formula is C27H31NO6. The number of hydrogen-bond donors (Lipinski definition) is 2. The van der Waals surface area contributed by atoms with E-state index in [9.17, 15) is 15.0 Å². The van der Waals surface area contributed by atoms with Crippen molar-refractivity contribution in [3.63, 3.8) is 0 Å². The molecule has 180 valence electrons. The van der Waals surface area contributed by atoms with Crippen molar-refractivity contribution >= 4 is 12.0 Å². The largest absolute Gasteiger partial charge is 0.504 e. The minimum Gasteiger partial charge on any atom is -0.504 e. The quantitative estimate of drug-likeness (QED) is 0.636. The highest BCUT2D eigenvalue weighted by Gasteiger charge is 2.50. The van der Waals surface area contributed by atoms with E-state index in [0.29, 0.717) is 36.8 Å². The lowest BCUT2D eigenvalue weighted by atomic mass is 9.66. The summed E-state index contributed by atoms with van der Waals surface area (Å²) in [4.78, 5) is 15.3. The molecule has 7 heteroatoms. The van der Waals surface area contributed by atoms with Gasteiger partial charge < -0.3 is 29.3 Å². The van der Waals surface area contributed by atoms with Crippen LogP contribution in [0.15, 0.2) is 42.5 Å². The second kappa shape index (κ2) is 9.22. The minimum absolute atomic E-state index is 0.0703. The third kappa shape index (κ3) is 4.20. The summed E-state index contributed by atoms with van der Waals surface area (Å²) in [6, 6.07) is 10.5. The highest BCUT2D eigenvalue weighted by atomic mass is 16.7. The zero-order valence-corrected chi connectivity index (χ0v) is 19.4. The standard InChI is InChI=1S/C27H31NO6/c1-2-32-23-16-19(8-9-21(23)29)26-20-5-3-4-12-27(20,31)13-14-28(26)25(30)11-7-18-6-10-22-24(15-18)34-17-33-22/h6-11,15-16,20,26,29,31H,2-5,12-14,17H2,1H3/b11-7+/t20-,26+,27+/m1/s1. The van der Waals surface area contributed by atoms with E-state index in [1.165, 1.54) is 0 Å². The second-order valence-electron chi connectivity index (χ2n) is 9.29. The van der Waals surface area contributed by atoms with Gasteiger partial charge in [-0.25, -0.2) is 0 Å². The van der Waals surface area contributed by atoms with E-state index in [1.807, 2.05) is 42.2 Å². The molecular weight excluding hydrogens is 434 g/mol. The van der Waals surface area contributed by atoms with E-state index in [1.54, 1.807) is 18.2 Å². The molecule has 0 bridgehead atoms. The van der Waals surface area contributed by atoms with Crippen molar-refractivity contribution in [3.8, 4) is 23.0 Å². The van der Waals surface area contributed by atoms with Crippen LogP contribution in [-0.2, 0) is 4.79 Å². The first kappa shape index (κ1) is 22.6. The predicted molar refractivity (Wildman–Crippen MR) is 127 cm³/mol. The number of hydrogen-bond acceptors (Lipinski definition) is 6. The summed E-state index contributed by atoms with van der Waals surface area (Å²) in [6.45, 7) is 2.96. The summed E-state index contributed by atoms with van der Waals surface area (Å²) in [6.07, 6.45) is 7.55. The van der Waals surface area contributed by atoms with Crippen LogP contribution in [0.1, 0.15) is 56.2 Å². The summed E-state index contributed by atoms with van der Waals surface area (Å²) < 4.78 is 16.4. The average molecular weight is 466 g/mol. The third-order valence-corrected chi connectivity index (χ3v) is 7.29. The van der Waals surface area contributed by atoms with Gasteiger partial charge in [0.25, 0.3) is 0 Å². The lowest BCUT2D eigenvalue weighted by molar-refractivity contribution is -0.150. The van der Waals surface area contributed by atoms with E-state index in [0.717, 1.165) is 36.8 Å². The summed E-state index contributed by atoms with van der Waals surface area (Å²) in [5.74, 6) is 1.66. The molecule has 5 rings (SSSR count). The van der Waals surface area contributed by atoms with E-state index in [4.69, 9.17) is 14.2 Å². The van der Waals surface area contributed by atoms with Crippen LogP contribution in [0.4, 0.5) is 0 Å². The molecule has 7 nitrogen and oxygen atoms in total. The van der Waals surface area contributed by atoms with Crippen molar-refractivity contribution in [2.45, 2.75) is 50.7 Å². The zero-order valence-electron chi connectivity index (χ0n) is 19.4. The van der Waals surface area contributed by atoms with Crippen LogP contribution in [0.3, 0.4) is 0 Å². The molecule has 3 atom stereocenters. The van der Waals surface area contributed by atoms with Gasteiger partial charge in [0.15, 0.2) is 23.0 Å². The molecule has 2 heterocycles. The number of phenolic OH excluding ortho intramolecular Hbond substituents is 1. The summed E-state index contributed by atoms with van der Waals surface area (Å²) in [5.41, 5.74) is 0.935. The van der Waals surface area contributed by atoms with Gasteiger partial charge in [0.05, 0.1) is 18.2 Å². The number of carbonyl (C=O) groups is 1. The number of phenols is 1. The highest BCUT2D eigenvalue weighted by Crippen LogP contribution is 2.50. The molecule has 2 aromatic rings. The van der Waals surface area contributed by atoms with Gasteiger partial charge in [-0.2, -0.15) is 0 Å². The SMILES string of the molecule is CCOc1cc([C@H]2[C@H]3CCCC[C@]3(O)CCN2C(=O)/C=C/c2ccc3c(c2)OCO3)ccc1O. The van der Waals surface area contributed by atoms with E-state index in [-0.39, 0.29) is 30.4 Å². The molecule has 0 aromatic heterocycles. The number of amides is 1. The van der Waals surface area contributed by atoms with E-state index < -0.39 is 5.60 Å². The first-order chi connectivity index (χ1) is 16.5. The highest BCUT2D eigenvalue weighted by molar-refractivity contribution is 5.92. The number of fused-ring (bicyclic) bond motifs is 2. The molecule has 2 N–H and O–H groups in total. The molecule has 34 heavy (non-hydrogen) atoms. The Morgan fingerprint density at radius 3 is 2.88 bits per heavy atom. The number of benzene rings is 2. The number of piperidine rings is 1. The van der Waals surface area contributed by atoms with Gasteiger partial charge in [-0.1, -0.05) is 25.0 Å². The topological polar surface area (TPSA) is 88.5 Å². The zero-order chi connectivity index (χ0) is 23.7. The lowest BCUT2D eigenvalue weighted by Gasteiger charge is -2.52. The van der Waals surface area contributed by atoms with Gasteiger partial charge in [0.2, 0.25) is 12.7 Å². The first-order valence-corrected chi connectivity index (χ1v) is 12.0. The Hall–Kier alpha value is -3.19. The second-order valence-corrected chi connectivity index (χ2v) is 9.29. The van der Waals surface area contributed by atoms with Crippen LogP contribution in [0.2, 0.25) is 0 Å². The maximum Gasteiger partial charge on any atom is 0.247 e. The maximum absolute atomic E-state index is 13.5. The number of carbonyl (C=O) groups excluding carboxylic acids is 1. The number of nitrogens with zero attached hydrogens (tertiary/aromatic N) is 1. The number of rotatable bonds is 5. The maximum atomic E-state index is 13.5. The molecule has 1 saturated heterocycles. The fourth-order valence-corrected chi connectivity index (χ4v) is 5.61. The number of aliphatic hydroxyl groups is 1. The van der Waals surface area contributed by atoms with Crippen LogP contribution < -0.4 is 14.2 Å². The average Bonchev–Trinajstić information content (AvgIpc) is 3.31. The number of likely N-dealkylation sites (tertiary alicyclic amines) is 1. The summed E-state index contributed by atoms with van der Waals surface area (Å²) >= 11 is 0. The Kier molecular flexibility index (Phi) is 6.13. The molecule has 2 aliphatic heterocycles. The molecule has 1 saturated carbocycles. The monoisotopic (exact) mass is 465 g/mol. The first-order valence-electron chi connectivity index (χ1n) is 12.0. The van der Waals surface area contributed by atoms with Crippen LogP contribution in [0.25, 0.3) is 6.08 Å². The molecule has 1 aliphatic carbocycles. The smallest absolute Gasteiger partial charge is 0.247 e. The Morgan fingerprint density at radius 2 is 2.03 bits per heavy atom. The van der Waals surface area contributed by atoms with Gasteiger partial charge >= 0.3 is 0 Å². The van der Waals surface area contributed by atoms with Crippen molar-refractivity contribution in [2.75, 3.05) is 19.9 Å². The lowest BCUT2D eigenvalue weighted by Crippen LogP contribution is -2.56. The van der Waals surface area contributed by atoms with Gasteiger partial charge in [0, 0.05) is 18.5 Å². The van der Waals surface area contributed by atoms with E-state index in [2.05, 4.69) is 0 Å². The molecule has 2 fully saturated rings. The molecule has 1 amide bonds. The summed E-state index contributed by atoms with van der Waals surface area (Å²) in [7, 11) is 0. The Morgan fingerprint density at radius 1 is 1.18 bits per heavy atom. The summed E-state index contributed by atoms with van der Waals surface area (Å²) in [5, 5.41) is 21.7. The third-order valence-electron chi connectivity index (χ3n) is 7.29. The fraction of sp³-hybridized carbons (Fsp3) is 0.444. The van der Waals surface area contributed by atoms with Gasteiger partial charge in [-0.3, -0.25) is 4.79 Å². The van der Waals surface area contributed by atoms with Crippen molar-refractivity contribution in [1.29, 1.82) is 0 Å². The number of aromatic hydroxyl groups is 1. The molecule has 0 radical (unpaired) electrons. The minimum atomic E-state index is -0.787. The normalized spacial score (nSPS) is 25.9. The number of ether oxygens (including phenoxy) is 3. The van der Waals surface area contributed by atoms with Crippen LogP contribution in [0, 0.1) is 5.92 Å². The Bertz CT molecular complexity index is 1100. The Balaban J connectivity index is 1.46. The fourth-order valence-electron chi connectivity index (χ4n) is 5.61. The van der Waals surface area contributed by atoms with Crippen LogP contribution >= 0.6 is 0 Å². The molecule has 0 spiro atoms. The van der Waals surface area contributed by atoms with Gasteiger partial charge in [-0.05, 0) is 67.7 Å². The van der Waals surface area contributed by atoms with Crippen molar-refractivity contribution in [2.24, 2.45) is 5.92 Å². The molecule has 0 unspecified atom stereocenters. The van der Waals surface area contributed by atoms with Gasteiger partial charge in [-0.15, -0.1) is 0 Å². The van der Waals surface area contributed by atoms with Crippen molar-refractivity contribution in [3.05, 3.63) is 53.6 Å². The predicted octanol–water partition coefficient (Wildman–Crippen LogP) is 4.43. The van der Waals surface area contributed by atoms with Crippen LogP contribution in [-0.4, -0.2) is 46.6 Å². The van der Waals surface area contributed by atoms with Gasteiger partial charge in [0.1, 0.15) is 0 Å². The van der Waals surface area contributed by atoms with Crippen molar-refractivity contribution in [1.82, 2.24) is 4.90 Å². The molecule has 2 aromatic carbocycles. The van der Waals surface area contributed by atoms with Crippen LogP contribution in [0.5, 0.6) is 23.0 Å². The molecule has 3 aliphatic rings. The Labute approximate surface area is 199 Å².